The quantitative estimate of drug-likeness (QED) is 0.804. The highest BCUT2D eigenvalue weighted by Crippen LogP contribution is 2.29. The van der Waals surface area contributed by atoms with Gasteiger partial charge in [-0.15, -0.1) is 0 Å². The molecule has 24 heavy (non-hydrogen) atoms. The van der Waals surface area contributed by atoms with Crippen molar-refractivity contribution in [2.24, 2.45) is 5.92 Å². The summed E-state index contributed by atoms with van der Waals surface area (Å²) in [6, 6.07) is 10.5. The first-order valence-electron chi connectivity index (χ1n) is 7.79. The molecular formula is C19H22ClNO3. The molecule has 0 spiro atoms. The Hall–Kier alpha value is -2.20. The van der Waals surface area contributed by atoms with Gasteiger partial charge in [0.25, 0.3) is 5.91 Å². The number of hydrogen-bond donors (Lipinski definition) is 1. The third-order valence-corrected chi connectivity index (χ3v) is 3.92. The topological polar surface area (TPSA) is 47.6 Å². The fraction of sp³-hybridized carbons (Fsp3) is 0.316. The number of carbonyl (C=O) groups is 1. The standard InChI is InChI=1S/C19H22ClNO3/c1-12(2)11-24-17-9-8-14(10-18(17)23-4)19(22)21-16-7-5-6-15(20)13(16)3/h5-10,12H,11H2,1-4H3,(H,21,22). The van der Waals surface area contributed by atoms with Crippen molar-refractivity contribution in [3.63, 3.8) is 0 Å². The Morgan fingerprint density at radius 1 is 1.21 bits per heavy atom. The minimum absolute atomic E-state index is 0.228. The average molecular weight is 348 g/mol. The first-order valence-corrected chi connectivity index (χ1v) is 8.17. The summed E-state index contributed by atoms with van der Waals surface area (Å²) in [6.07, 6.45) is 0. The molecular weight excluding hydrogens is 326 g/mol. The number of hydrogen-bond acceptors (Lipinski definition) is 3. The van der Waals surface area contributed by atoms with Crippen LogP contribution in [0.15, 0.2) is 36.4 Å². The molecule has 2 aromatic rings. The number of ether oxygens (including phenoxy) is 2. The summed E-state index contributed by atoms with van der Waals surface area (Å²) in [7, 11) is 1.56. The van der Waals surface area contributed by atoms with Crippen molar-refractivity contribution in [1.82, 2.24) is 0 Å². The van der Waals surface area contributed by atoms with Crippen LogP contribution >= 0.6 is 11.6 Å². The number of anilines is 1. The van der Waals surface area contributed by atoms with Crippen LogP contribution in [-0.4, -0.2) is 19.6 Å². The minimum Gasteiger partial charge on any atom is -0.493 e. The summed E-state index contributed by atoms with van der Waals surface area (Å²) in [4.78, 5) is 12.5. The number of methoxy groups -OCH3 is 1. The van der Waals surface area contributed by atoms with Gasteiger partial charge in [-0.25, -0.2) is 0 Å². The highest BCUT2D eigenvalue weighted by atomic mass is 35.5. The zero-order valence-electron chi connectivity index (χ0n) is 14.4. The molecule has 0 heterocycles. The van der Waals surface area contributed by atoms with Crippen LogP contribution in [0.3, 0.4) is 0 Å². The third-order valence-electron chi connectivity index (χ3n) is 3.51. The van der Waals surface area contributed by atoms with Crippen LogP contribution in [0.5, 0.6) is 11.5 Å². The van der Waals surface area contributed by atoms with Crippen molar-refractivity contribution < 1.29 is 14.3 Å². The lowest BCUT2D eigenvalue weighted by Gasteiger charge is -2.14. The highest BCUT2D eigenvalue weighted by Gasteiger charge is 2.13. The number of benzene rings is 2. The number of rotatable bonds is 6. The maximum atomic E-state index is 12.5. The number of halogens is 1. The molecule has 0 aliphatic rings. The van der Waals surface area contributed by atoms with E-state index in [1.165, 1.54) is 0 Å². The Morgan fingerprint density at radius 2 is 1.96 bits per heavy atom. The van der Waals surface area contributed by atoms with Crippen molar-refractivity contribution in [3.05, 3.63) is 52.5 Å². The van der Waals surface area contributed by atoms with Gasteiger partial charge in [0, 0.05) is 16.3 Å². The molecule has 0 saturated heterocycles. The third kappa shape index (κ3) is 4.42. The van der Waals surface area contributed by atoms with Crippen LogP contribution in [0.2, 0.25) is 5.02 Å². The zero-order chi connectivity index (χ0) is 17.7. The number of nitrogens with one attached hydrogen (secondary N) is 1. The van der Waals surface area contributed by atoms with E-state index in [-0.39, 0.29) is 5.91 Å². The van der Waals surface area contributed by atoms with Gasteiger partial charge < -0.3 is 14.8 Å². The molecule has 1 amide bonds. The average Bonchev–Trinajstić information content (AvgIpc) is 2.56. The van der Waals surface area contributed by atoms with E-state index >= 15 is 0 Å². The van der Waals surface area contributed by atoms with E-state index in [0.29, 0.717) is 40.3 Å². The van der Waals surface area contributed by atoms with Gasteiger partial charge in [-0.3, -0.25) is 4.79 Å². The van der Waals surface area contributed by atoms with Crippen molar-refractivity contribution in [2.45, 2.75) is 20.8 Å². The van der Waals surface area contributed by atoms with Gasteiger partial charge in [0.1, 0.15) is 0 Å². The van der Waals surface area contributed by atoms with E-state index in [1.807, 2.05) is 13.0 Å². The summed E-state index contributed by atoms with van der Waals surface area (Å²) in [6.45, 7) is 6.59. The van der Waals surface area contributed by atoms with Crippen molar-refractivity contribution >= 4 is 23.2 Å². The second-order valence-electron chi connectivity index (χ2n) is 5.94. The molecule has 0 fully saturated rings. The lowest BCUT2D eigenvalue weighted by Crippen LogP contribution is -2.13. The first kappa shape index (κ1) is 18.1. The molecule has 2 rings (SSSR count). The van der Waals surface area contributed by atoms with Crippen LogP contribution in [-0.2, 0) is 0 Å². The van der Waals surface area contributed by atoms with Crippen LogP contribution in [0.1, 0.15) is 29.8 Å². The molecule has 2 aromatic carbocycles. The number of amides is 1. The van der Waals surface area contributed by atoms with E-state index in [9.17, 15) is 4.79 Å². The Labute approximate surface area is 147 Å². The predicted molar refractivity (Wildman–Crippen MR) is 97.5 cm³/mol. The van der Waals surface area contributed by atoms with Crippen molar-refractivity contribution in [1.29, 1.82) is 0 Å². The van der Waals surface area contributed by atoms with Crippen LogP contribution in [0.25, 0.3) is 0 Å². The maximum Gasteiger partial charge on any atom is 0.255 e. The Kier molecular flexibility index (Phi) is 6.10. The first-order chi connectivity index (χ1) is 11.4. The normalized spacial score (nSPS) is 10.6. The fourth-order valence-electron chi connectivity index (χ4n) is 2.12. The molecule has 0 atom stereocenters. The summed E-state index contributed by atoms with van der Waals surface area (Å²) in [5, 5.41) is 3.48. The monoisotopic (exact) mass is 347 g/mol. The molecule has 0 aliphatic heterocycles. The second-order valence-corrected chi connectivity index (χ2v) is 6.34. The van der Waals surface area contributed by atoms with Gasteiger partial charge in [-0.2, -0.15) is 0 Å². The molecule has 4 nitrogen and oxygen atoms in total. The van der Waals surface area contributed by atoms with Crippen molar-refractivity contribution in [3.8, 4) is 11.5 Å². The number of carbonyl (C=O) groups excluding carboxylic acids is 1. The smallest absolute Gasteiger partial charge is 0.255 e. The lowest BCUT2D eigenvalue weighted by molar-refractivity contribution is 0.102. The molecule has 0 aliphatic carbocycles. The SMILES string of the molecule is COc1cc(C(=O)Nc2cccc(Cl)c2C)ccc1OCC(C)C. The molecule has 0 unspecified atom stereocenters. The Bertz CT molecular complexity index is 729. The van der Waals surface area contributed by atoms with E-state index in [2.05, 4.69) is 19.2 Å². The predicted octanol–water partition coefficient (Wildman–Crippen LogP) is 4.94. The highest BCUT2D eigenvalue weighted by molar-refractivity contribution is 6.31. The molecule has 0 saturated carbocycles. The van der Waals surface area contributed by atoms with Gasteiger partial charge in [0.15, 0.2) is 11.5 Å². The summed E-state index contributed by atoms with van der Waals surface area (Å²) in [5.74, 6) is 1.34. The van der Waals surface area contributed by atoms with E-state index < -0.39 is 0 Å². The molecule has 0 aromatic heterocycles. The Balaban J connectivity index is 2.19. The molecule has 128 valence electrons. The van der Waals surface area contributed by atoms with E-state index in [0.717, 1.165) is 5.56 Å². The van der Waals surface area contributed by atoms with Crippen LogP contribution < -0.4 is 14.8 Å². The van der Waals surface area contributed by atoms with E-state index in [4.69, 9.17) is 21.1 Å². The summed E-state index contributed by atoms with van der Waals surface area (Å²) >= 11 is 6.08. The van der Waals surface area contributed by atoms with Gasteiger partial charge >= 0.3 is 0 Å². The zero-order valence-corrected chi connectivity index (χ0v) is 15.1. The van der Waals surface area contributed by atoms with Crippen LogP contribution in [0.4, 0.5) is 5.69 Å². The molecule has 1 N–H and O–H groups in total. The van der Waals surface area contributed by atoms with Gasteiger partial charge in [-0.1, -0.05) is 31.5 Å². The fourth-order valence-corrected chi connectivity index (χ4v) is 2.30. The molecule has 5 heteroatoms. The maximum absolute atomic E-state index is 12.5. The van der Waals surface area contributed by atoms with Crippen LogP contribution in [0, 0.1) is 12.8 Å². The van der Waals surface area contributed by atoms with Gasteiger partial charge in [0.2, 0.25) is 0 Å². The van der Waals surface area contributed by atoms with Gasteiger partial charge in [0.05, 0.1) is 13.7 Å². The summed E-state index contributed by atoms with van der Waals surface area (Å²) < 4.78 is 11.0. The molecule has 0 radical (unpaired) electrons. The largest absolute Gasteiger partial charge is 0.493 e. The van der Waals surface area contributed by atoms with Gasteiger partial charge in [-0.05, 0) is 48.7 Å². The molecule has 0 bridgehead atoms. The lowest BCUT2D eigenvalue weighted by atomic mass is 10.1. The minimum atomic E-state index is -0.228. The van der Waals surface area contributed by atoms with E-state index in [1.54, 1.807) is 37.4 Å². The van der Waals surface area contributed by atoms with Crippen molar-refractivity contribution in [2.75, 3.05) is 19.0 Å². The second kappa shape index (κ2) is 8.06. The summed E-state index contributed by atoms with van der Waals surface area (Å²) in [5.41, 5.74) is 2.01. The Morgan fingerprint density at radius 3 is 2.62 bits per heavy atom.